The number of allylic oxidation sites excluding steroid dienone is 2. The summed E-state index contributed by atoms with van der Waals surface area (Å²) in [6.07, 6.45) is 0.248. The lowest BCUT2D eigenvalue weighted by Crippen LogP contribution is -2.28. The highest BCUT2D eigenvalue weighted by atomic mass is 35.5. The molecule has 4 rings (SSSR count). The van der Waals surface area contributed by atoms with Crippen LogP contribution in [-0.2, 0) is 11.2 Å². The van der Waals surface area contributed by atoms with Crippen molar-refractivity contribution in [2.24, 2.45) is 5.92 Å². The topological polar surface area (TPSA) is 65.2 Å². The van der Waals surface area contributed by atoms with Crippen molar-refractivity contribution in [3.8, 4) is 5.75 Å². The van der Waals surface area contributed by atoms with Crippen LogP contribution in [-0.4, -0.2) is 23.0 Å². The lowest BCUT2D eigenvalue weighted by molar-refractivity contribution is -0.189. The van der Waals surface area contributed by atoms with Crippen LogP contribution < -0.4 is 10.5 Å². The number of alkyl halides is 4. The number of halogens is 5. The number of nitrogens with zero attached hydrogens (tertiary/aromatic N) is 1. The second kappa shape index (κ2) is 7.36. The minimum atomic E-state index is -5.14. The summed E-state index contributed by atoms with van der Waals surface area (Å²) in [5.41, 5.74) is 9.92. The SMILES string of the molecule is Nc1c2c(nc3cc(Cl)cc(OC(=O)C(F)(F)F)c13)CC1C=C(CCCl)CC2C1. The average Bonchev–Trinajstić information content (AvgIpc) is 2.59. The predicted molar refractivity (Wildman–Crippen MR) is 105 cm³/mol. The number of anilines is 1. The molecule has 2 bridgehead atoms. The first-order valence-corrected chi connectivity index (χ1v) is 10.0. The first-order valence-electron chi connectivity index (χ1n) is 9.13. The third kappa shape index (κ3) is 3.78. The van der Waals surface area contributed by atoms with Gasteiger partial charge in [-0.15, -0.1) is 11.6 Å². The van der Waals surface area contributed by atoms with Crippen LogP contribution in [0.15, 0.2) is 23.8 Å². The smallest absolute Gasteiger partial charge is 0.419 e. The van der Waals surface area contributed by atoms with Crippen molar-refractivity contribution in [1.82, 2.24) is 4.98 Å². The fourth-order valence-corrected chi connectivity index (χ4v) is 4.87. The van der Waals surface area contributed by atoms with Crippen LogP contribution in [0.5, 0.6) is 5.75 Å². The molecule has 2 aliphatic carbocycles. The molecule has 2 unspecified atom stereocenters. The molecule has 2 N–H and O–H groups in total. The molecule has 1 aromatic carbocycles. The first kappa shape index (κ1) is 20.3. The lowest BCUT2D eigenvalue weighted by Gasteiger charge is -2.36. The maximum Gasteiger partial charge on any atom is 0.491 e. The van der Waals surface area contributed by atoms with Gasteiger partial charge in [0.1, 0.15) is 5.75 Å². The van der Waals surface area contributed by atoms with Gasteiger partial charge in [0, 0.05) is 28.2 Å². The monoisotopic (exact) mass is 444 g/mol. The van der Waals surface area contributed by atoms with E-state index in [1.165, 1.54) is 11.6 Å². The fraction of sp³-hybridized carbons (Fsp3) is 0.400. The number of aromatic nitrogens is 1. The summed E-state index contributed by atoms with van der Waals surface area (Å²) in [6, 6.07) is 2.67. The zero-order valence-electron chi connectivity index (χ0n) is 15.2. The molecule has 9 heteroatoms. The molecule has 2 aromatic rings. The van der Waals surface area contributed by atoms with Gasteiger partial charge >= 0.3 is 12.1 Å². The van der Waals surface area contributed by atoms with Crippen molar-refractivity contribution in [2.45, 2.75) is 37.8 Å². The molecule has 0 radical (unpaired) electrons. The van der Waals surface area contributed by atoms with Crippen LogP contribution in [0.3, 0.4) is 0 Å². The Morgan fingerprint density at radius 3 is 2.76 bits per heavy atom. The fourth-order valence-electron chi connectivity index (χ4n) is 4.42. The number of carbonyl (C=O) groups is 1. The molecule has 0 spiro atoms. The lowest BCUT2D eigenvalue weighted by atomic mass is 9.70. The molecule has 1 aromatic heterocycles. The van der Waals surface area contributed by atoms with Crippen LogP contribution in [0.2, 0.25) is 5.02 Å². The van der Waals surface area contributed by atoms with Crippen molar-refractivity contribution in [2.75, 3.05) is 11.6 Å². The van der Waals surface area contributed by atoms with Crippen molar-refractivity contribution in [3.63, 3.8) is 0 Å². The van der Waals surface area contributed by atoms with E-state index in [4.69, 9.17) is 28.9 Å². The van der Waals surface area contributed by atoms with E-state index in [2.05, 4.69) is 15.8 Å². The Balaban J connectivity index is 1.84. The summed E-state index contributed by atoms with van der Waals surface area (Å²) >= 11 is 11.9. The van der Waals surface area contributed by atoms with E-state index in [1.807, 2.05) is 0 Å². The molecule has 154 valence electrons. The molecule has 4 nitrogen and oxygen atoms in total. The Morgan fingerprint density at radius 1 is 1.31 bits per heavy atom. The highest BCUT2D eigenvalue weighted by molar-refractivity contribution is 6.31. The molecule has 2 aliphatic rings. The molecule has 2 atom stereocenters. The molecule has 0 fully saturated rings. The number of hydrogen-bond donors (Lipinski definition) is 1. The third-order valence-electron chi connectivity index (χ3n) is 5.45. The van der Waals surface area contributed by atoms with Crippen molar-refractivity contribution in [3.05, 3.63) is 40.1 Å². The van der Waals surface area contributed by atoms with Gasteiger partial charge in [-0.05, 0) is 43.6 Å². The number of hydrogen-bond acceptors (Lipinski definition) is 4. The standard InChI is InChI=1S/C20H17Cl2F3N2O2/c21-2-1-9-3-10-5-11(4-9)16-13(6-10)27-14-7-12(22)8-15(17(14)18(16)26)29-19(28)20(23,24)25/h3,7-8,10-11H,1-2,4-6H2,(H2,26,27). The zero-order valence-corrected chi connectivity index (χ0v) is 16.7. The van der Waals surface area contributed by atoms with Crippen molar-refractivity contribution >= 4 is 45.8 Å². The number of esters is 1. The molecule has 1 heterocycles. The predicted octanol–water partition coefficient (Wildman–Crippen LogP) is 5.54. The van der Waals surface area contributed by atoms with E-state index in [-0.39, 0.29) is 22.1 Å². The maximum atomic E-state index is 12.7. The van der Waals surface area contributed by atoms with Crippen LogP contribution in [0.4, 0.5) is 18.9 Å². The summed E-state index contributed by atoms with van der Waals surface area (Å²) < 4.78 is 42.8. The number of ether oxygens (including phenoxy) is 1. The highest BCUT2D eigenvalue weighted by Gasteiger charge is 2.42. The van der Waals surface area contributed by atoms with Crippen molar-refractivity contribution in [1.29, 1.82) is 0 Å². The van der Waals surface area contributed by atoms with E-state index in [0.717, 1.165) is 36.6 Å². The Kier molecular flexibility index (Phi) is 5.15. The summed E-state index contributed by atoms with van der Waals surface area (Å²) in [6.45, 7) is 0. The summed E-state index contributed by atoms with van der Waals surface area (Å²) in [5.74, 6) is -1.71. The van der Waals surface area contributed by atoms with E-state index in [1.54, 1.807) is 0 Å². The highest BCUT2D eigenvalue weighted by Crippen LogP contribution is 2.48. The second-order valence-corrected chi connectivity index (χ2v) is 8.25. The van der Waals surface area contributed by atoms with Gasteiger partial charge in [0.15, 0.2) is 0 Å². The number of benzene rings is 1. The second-order valence-electron chi connectivity index (χ2n) is 7.44. The number of nitrogen functional groups attached to an aromatic ring is 1. The van der Waals surface area contributed by atoms with Gasteiger partial charge < -0.3 is 10.5 Å². The molecular weight excluding hydrogens is 428 g/mol. The number of carbonyl (C=O) groups excluding carboxylic acids is 1. The largest absolute Gasteiger partial charge is 0.491 e. The normalized spacial score (nSPS) is 20.9. The molecule has 29 heavy (non-hydrogen) atoms. The summed E-state index contributed by atoms with van der Waals surface area (Å²) in [7, 11) is 0. The van der Waals surface area contributed by atoms with Gasteiger partial charge in [-0.1, -0.05) is 23.3 Å². The van der Waals surface area contributed by atoms with E-state index in [0.29, 0.717) is 29.4 Å². The first-order chi connectivity index (χ1) is 13.7. The van der Waals surface area contributed by atoms with Gasteiger partial charge in [0.05, 0.1) is 16.6 Å². The molecule has 0 amide bonds. The van der Waals surface area contributed by atoms with Crippen LogP contribution >= 0.6 is 23.2 Å². The average molecular weight is 445 g/mol. The van der Waals surface area contributed by atoms with E-state index in [9.17, 15) is 18.0 Å². The minimum Gasteiger partial charge on any atom is -0.419 e. The molecular formula is C20H17Cl2F3N2O2. The number of nitrogens with two attached hydrogens (primary N) is 1. The Morgan fingerprint density at radius 2 is 2.07 bits per heavy atom. The maximum absolute atomic E-state index is 12.7. The zero-order chi connectivity index (χ0) is 20.9. The summed E-state index contributed by atoms with van der Waals surface area (Å²) in [4.78, 5) is 16.0. The van der Waals surface area contributed by atoms with E-state index < -0.39 is 12.1 Å². The Bertz CT molecular complexity index is 1040. The quantitative estimate of drug-likeness (QED) is 0.292. The summed E-state index contributed by atoms with van der Waals surface area (Å²) in [5, 5.41) is 0.285. The number of rotatable bonds is 3. The van der Waals surface area contributed by atoms with Gasteiger partial charge in [-0.3, -0.25) is 4.98 Å². The van der Waals surface area contributed by atoms with Crippen LogP contribution in [0, 0.1) is 5.92 Å². The van der Waals surface area contributed by atoms with Crippen LogP contribution in [0.1, 0.15) is 36.4 Å². The van der Waals surface area contributed by atoms with Gasteiger partial charge in [-0.25, -0.2) is 4.79 Å². The van der Waals surface area contributed by atoms with Crippen LogP contribution in [0.25, 0.3) is 10.9 Å². The third-order valence-corrected chi connectivity index (χ3v) is 5.86. The number of pyridine rings is 1. The number of fused-ring (bicyclic) bond motifs is 5. The molecule has 0 aliphatic heterocycles. The van der Waals surface area contributed by atoms with Gasteiger partial charge in [0.2, 0.25) is 0 Å². The minimum absolute atomic E-state index is 0.103. The Labute approximate surface area is 174 Å². The van der Waals surface area contributed by atoms with E-state index >= 15 is 0 Å². The molecule has 0 saturated heterocycles. The van der Waals surface area contributed by atoms with Crippen molar-refractivity contribution < 1.29 is 22.7 Å². The molecule has 0 saturated carbocycles. The Hall–Kier alpha value is -1.99. The van der Waals surface area contributed by atoms with Gasteiger partial charge in [-0.2, -0.15) is 13.2 Å². The van der Waals surface area contributed by atoms with Gasteiger partial charge in [0.25, 0.3) is 0 Å².